The molecule has 3 rings (SSSR count). The van der Waals surface area contributed by atoms with Crippen molar-refractivity contribution in [2.24, 2.45) is 5.92 Å². The number of amides is 2. The van der Waals surface area contributed by atoms with E-state index in [1.165, 1.54) is 0 Å². The molecule has 28 heavy (non-hydrogen) atoms. The van der Waals surface area contributed by atoms with Crippen LogP contribution in [-0.4, -0.2) is 68.4 Å². The largest absolute Gasteiger partial charge is 0.378 e. The Kier molecular flexibility index (Phi) is 7.31. The molecule has 2 heterocycles. The third-order valence-electron chi connectivity index (χ3n) is 5.94. The van der Waals surface area contributed by atoms with Gasteiger partial charge in [-0.1, -0.05) is 12.1 Å². The molecule has 0 bridgehead atoms. The minimum Gasteiger partial charge on any atom is -0.378 e. The van der Waals surface area contributed by atoms with E-state index in [1.807, 2.05) is 19.0 Å². The van der Waals surface area contributed by atoms with Crippen LogP contribution in [0.1, 0.15) is 37.7 Å². The van der Waals surface area contributed by atoms with Crippen LogP contribution in [0, 0.1) is 5.92 Å². The van der Waals surface area contributed by atoms with Crippen molar-refractivity contribution >= 4 is 17.5 Å². The van der Waals surface area contributed by atoms with Gasteiger partial charge in [0.05, 0.1) is 6.54 Å². The molecule has 1 aromatic rings. The standard InChI is InChI=1S/C22H34N4O2/c1-24(2)20-7-5-19(6-8-20)16-23-21(27)17-25-13-9-18(10-14-25)15-22(28)26-11-3-4-12-26/h5-8,18H,3-4,9-17H2,1-2H3,(H,23,27). The number of nitrogens with one attached hydrogen (secondary N) is 1. The second-order valence-corrected chi connectivity index (χ2v) is 8.35. The van der Waals surface area contributed by atoms with Crippen molar-refractivity contribution in [2.45, 2.75) is 38.6 Å². The average molecular weight is 387 g/mol. The first-order chi connectivity index (χ1) is 13.5. The van der Waals surface area contributed by atoms with Gasteiger partial charge in [-0.2, -0.15) is 0 Å². The summed E-state index contributed by atoms with van der Waals surface area (Å²) < 4.78 is 0. The lowest BCUT2D eigenvalue weighted by Gasteiger charge is -2.31. The zero-order valence-corrected chi connectivity index (χ0v) is 17.3. The molecule has 0 unspecified atom stereocenters. The Morgan fingerprint density at radius 3 is 2.29 bits per heavy atom. The van der Waals surface area contributed by atoms with Crippen molar-refractivity contribution in [3.8, 4) is 0 Å². The molecule has 0 radical (unpaired) electrons. The Hall–Kier alpha value is -2.08. The highest BCUT2D eigenvalue weighted by atomic mass is 16.2. The van der Waals surface area contributed by atoms with Gasteiger partial charge in [0.25, 0.3) is 0 Å². The Balaban J connectivity index is 1.33. The lowest BCUT2D eigenvalue weighted by molar-refractivity contribution is -0.131. The van der Waals surface area contributed by atoms with Crippen LogP contribution in [0.25, 0.3) is 0 Å². The number of hydrogen-bond donors (Lipinski definition) is 1. The molecule has 2 saturated heterocycles. The van der Waals surface area contributed by atoms with Gasteiger partial charge in [0.1, 0.15) is 0 Å². The summed E-state index contributed by atoms with van der Waals surface area (Å²) in [5.41, 5.74) is 2.26. The van der Waals surface area contributed by atoms with Crippen molar-refractivity contribution in [3.63, 3.8) is 0 Å². The van der Waals surface area contributed by atoms with Crippen molar-refractivity contribution < 1.29 is 9.59 Å². The van der Waals surface area contributed by atoms with Crippen LogP contribution < -0.4 is 10.2 Å². The van der Waals surface area contributed by atoms with Gasteiger partial charge in [0.2, 0.25) is 11.8 Å². The third-order valence-corrected chi connectivity index (χ3v) is 5.94. The van der Waals surface area contributed by atoms with Gasteiger partial charge in [-0.3, -0.25) is 14.5 Å². The average Bonchev–Trinajstić information content (AvgIpc) is 3.23. The minimum atomic E-state index is 0.0725. The van der Waals surface area contributed by atoms with E-state index in [9.17, 15) is 9.59 Å². The fourth-order valence-corrected chi connectivity index (χ4v) is 4.06. The number of hydrogen-bond acceptors (Lipinski definition) is 4. The predicted octanol–water partition coefficient (Wildman–Crippen LogP) is 2.09. The zero-order chi connectivity index (χ0) is 19.9. The summed E-state index contributed by atoms with van der Waals surface area (Å²) in [5, 5.41) is 3.02. The number of rotatable bonds is 7. The molecule has 2 fully saturated rings. The molecule has 6 heteroatoms. The van der Waals surface area contributed by atoms with E-state index >= 15 is 0 Å². The fraction of sp³-hybridized carbons (Fsp3) is 0.636. The number of piperidine rings is 1. The van der Waals surface area contributed by atoms with Gasteiger partial charge < -0.3 is 15.1 Å². The SMILES string of the molecule is CN(C)c1ccc(CNC(=O)CN2CCC(CC(=O)N3CCCC3)CC2)cc1. The molecule has 0 aliphatic carbocycles. The number of benzene rings is 1. The molecule has 2 aliphatic rings. The molecule has 0 aromatic heterocycles. The summed E-state index contributed by atoms with van der Waals surface area (Å²) in [6.07, 6.45) is 5.01. The maximum atomic E-state index is 12.3. The quantitative estimate of drug-likeness (QED) is 0.780. The van der Waals surface area contributed by atoms with E-state index in [1.54, 1.807) is 0 Å². The van der Waals surface area contributed by atoms with Crippen LogP contribution in [0.2, 0.25) is 0 Å². The van der Waals surface area contributed by atoms with Gasteiger partial charge in [-0.05, 0) is 62.4 Å². The summed E-state index contributed by atoms with van der Waals surface area (Å²) in [6, 6.07) is 8.24. The normalized spacial score (nSPS) is 18.3. The predicted molar refractivity (Wildman–Crippen MR) is 112 cm³/mol. The Bertz CT molecular complexity index is 645. The van der Waals surface area contributed by atoms with E-state index in [-0.39, 0.29) is 5.91 Å². The minimum absolute atomic E-state index is 0.0725. The number of carbonyl (C=O) groups is 2. The first-order valence-corrected chi connectivity index (χ1v) is 10.5. The molecule has 0 atom stereocenters. The molecular weight excluding hydrogens is 352 g/mol. The van der Waals surface area contributed by atoms with Gasteiger partial charge in [-0.15, -0.1) is 0 Å². The third kappa shape index (κ3) is 5.96. The fourth-order valence-electron chi connectivity index (χ4n) is 4.06. The molecule has 1 aromatic carbocycles. The number of carbonyl (C=O) groups excluding carboxylic acids is 2. The van der Waals surface area contributed by atoms with Crippen LogP contribution in [-0.2, 0) is 16.1 Å². The van der Waals surface area contributed by atoms with Gasteiger partial charge in [0.15, 0.2) is 0 Å². The summed E-state index contributed by atoms with van der Waals surface area (Å²) >= 11 is 0. The van der Waals surface area contributed by atoms with Crippen molar-refractivity contribution in [1.29, 1.82) is 0 Å². The lowest BCUT2D eigenvalue weighted by Crippen LogP contribution is -2.42. The second kappa shape index (κ2) is 9.92. The van der Waals surface area contributed by atoms with E-state index in [4.69, 9.17) is 0 Å². The van der Waals surface area contributed by atoms with Crippen molar-refractivity contribution in [1.82, 2.24) is 15.1 Å². The molecule has 154 valence electrons. The summed E-state index contributed by atoms with van der Waals surface area (Å²) in [6.45, 7) is 4.70. The monoisotopic (exact) mass is 386 g/mol. The Morgan fingerprint density at radius 1 is 1.04 bits per heavy atom. The molecule has 1 N–H and O–H groups in total. The van der Waals surface area contributed by atoms with Gasteiger partial charge in [-0.25, -0.2) is 0 Å². The summed E-state index contributed by atoms with van der Waals surface area (Å²) in [4.78, 5) is 30.9. The highest BCUT2D eigenvalue weighted by Gasteiger charge is 2.25. The van der Waals surface area contributed by atoms with E-state index in [0.29, 0.717) is 31.3 Å². The number of nitrogens with zero attached hydrogens (tertiary/aromatic N) is 3. The molecular formula is C22H34N4O2. The van der Waals surface area contributed by atoms with Crippen LogP contribution in [0.15, 0.2) is 24.3 Å². The Labute approximate surface area is 168 Å². The highest BCUT2D eigenvalue weighted by Crippen LogP contribution is 2.22. The van der Waals surface area contributed by atoms with Gasteiger partial charge in [0, 0.05) is 45.8 Å². The molecule has 6 nitrogen and oxygen atoms in total. The van der Waals surface area contributed by atoms with Crippen LogP contribution in [0.5, 0.6) is 0 Å². The van der Waals surface area contributed by atoms with Crippen LogP contribution >= 0.6 is 0 Å². The summed E-state index contributed by atoms with van der Waals surface area (Å²) in [5.74, 6) is 0.875. The maximum absolute atomic E-state index is 12.3. The summed E-state index contributed by atoms with van der Waals surface area (Å²) in [7, 11) is 4.03. The number of anilines is 1. The topological polar surface area (TPSA) is 55.9 Å². The first kappa shape index (κ1) is 20.6. The second-order valence-electron chi connectivity index (χ2n) is 8.35. The maximum Gasteiger partial charge on any atom is 0.234 e. The highest BCUT2D eigenvalue weighted by molar-refractivity contribution is 5.78. The van der Waals surface area contributed by atoms with Crippen molar-refractivity contribution in [2.75, 3.05) is 51.7 Å². The first-order valence-electron chi connectivity index (χ1n) is 10.5. The van der Waals surface area contributed by atoms with E-state index < -0.39 is 0 Å². The van der Waals surface area contributed by atoms with Gasteiger partial charge >= 0.3 is 0 Å². The molecule has 2 amide bonds. The smallest absolute Gasteiger partial charge is 0.234 e. The zero-order valence-electron chi connectivity index (χ0n) is 17.3. The van der Waals surface area contributed by atoms with E-state index in [0.717, 1.165) is 63.1 Å². The van der Waals surface area contributed by atoms with E-state index in [2.05, 4.69) is 39.4 Å². The van der Waals surface area contributed by atoms with Crippen molar-refractivity contribution in [3.05, 3.63) is 29.8 Å². The van der Waals surface area contributed by atoms with Crippen LogP contribution in [0.4, 0.5) is 5.69 Å². The molecule has 0 saturated carbocycles. The lowest BCUT2D eigenvalue weighted by atomic mass is 9.93. The van der Waals surface area contributed by atoms with Crippen LogP contribution in [0.3, 0.4) is 0 Å². The molecule has 2 aliphatic heterocycles. The molecule has 0 spiro atoms. The Morgan fingerprint density at radius 2 is 1.68 bits per heavy atom. The number of likely N-dealkylation sites (tertiary alicyclic amines) is 2.